The van der Waals surface area contributed by atoms with E-state index < -0.39 is 7.05 Å². The molecule has 0 unspecified atom stereocenters. The normalized spacial score (nSPS) is 11.1. The van der Waals surface area contributed by atoms with E-state index in [0.29, 0.717) is 17.8 Å². The highest BCUT2D eigenvalue weighted by Gasteiger charge is 2.28. The van der Waals surface area contributed by atoms with E-state index in [9.17, 15) is 0 Å². The Labute approximate surface area is 189 Å². The molecule has 1 aromatic heterocycles. The molecule has 6 nitrogen and oxygen atoms in total. The van der Waals surface area contributed by atoms with E-state index in [1.165, 1.54) is 0 Å². The van der Waals surface area contributed by atoms with Crippen LogP contribution in [0.25, 0.3) is 0 Å². The van der Waals surface area contributed by atoms with Gasteiger partial charge in [-0.3, -0.25) is 0 Å². The van der Waals surface area contributed by atoms with Gasteiger partial charge in [0.05, 0.1) is 7.05 Å². The van der Waals surface area contributed by atoms with Gasteiger partial charge in [0.15, 0.2) is 0 Å². The first kappa shape index (κ1) is 21.7. The third-order valence-corrected chi connectivity index (χ3v) is 8.64. The Morgan fingerprint density at radius 2 is 0.875 bits per heavy atom. The molecule has 0 radical (unpaired) electrons. The first-order valence-corrected chi connectivity index (χ1v) is 12.1. The molecule has 7 heteroatoms. The summed E-state index contributed by atoms with van der Waals surface area (Å²) >= 11 is 0. The number of nitrogens with zero attached hydrogens (tertiary/aromatic N) is 6. The highest BCUT2D eigenvalue weighted by molar-refractivity contribution is 7.87. The van der Waals surface area contributed by atoms with Gasteiger partial charge in [0.2, 0.25) is 11.9 Å². The maximum atomic E-state index is 5.38. The van der Waals surface area contributed by atoms with Crippen molar-refractivity contribution in [3.05, 3.63) is 91.0 Å². The minimum Gasteiger partial charge on any atom is -0.347 e. The van der Waals surface area contributed by atoms with Crippen LogP contribution in [0.1, 0.15) is 0 Å². The Kier molecular flexibility index (Phi) is 6.33. The van der Waals surface area contributed by atoms with Crippen LogP contribution in [0.2, 0.25) is 0 Å². The van der Waals surface area contributed by atoms with E-state index in [4.69, 9.17) is 14.7 Å². The van der Waals surface area contributed by atoms with Gasteiger partial charge in [-0.05, 0) is 0 Å². The number of hydrogen-bond acceptors (Lipinski definition) is 6. The maximum absolute atomic E-state index is 5.38. The Morgan fingerprint density at radius 3 is 1.19 bits per heavy atom. The zero-order chi connectivity index (χ0) is 22.6. The van der Waals surface area contributed by atoms with Gasteiger partial charge < -0.3 is 9.80 Å². The van der Waals surface area contributed by atoms with E-state index >= 15 is 0 Å². The van der Waals surface area contributed by atoms with Crippen molar-refractivity contribution in [1.82, 2.24) is 15.0 Å². The molecule has 4 aromatic rings. The van der Waals surface area contributed by atoms with Crippen LogP contribution in [-0.2, 0) is 0 Å². The summed E-state index contributed by atoms with van der Waals surface area (Å²) in [6, 6.07) is 31.4. The maximum Gasteiger partial charge on any atom is 0.255 e. The van der Waals surface area contributed by atoms with Gasteiger partial charge in [0.25, 0.3) is 5.95 Å². The fraction of sp³-hybridized carbons (Fsp3) is 0.160. The van der Waals surface area contributed by atoms with Gasteiger partial charge in [-0.1, -0.05) is 91.0 Å². The lowest BCUT2D eigenvalue weighted by Gasteiger charge is -2.26. The standard InChI is InChI=1S/C25H27N6P/c1-30(2)24-26-23(27-25(28-24)31(3)4)29-32(20-14-8-5-9-15-20,21-16-10-6-11-17-21)22-18-12-7-13-19-22/h5-19H,1-4H3. The number of anilines is 2. The van der Waals surface area contributed by atoms with Gasteiger partial charge in [-0.25, -0.2) is 4.74 Å². The lowest BCUT2D eigenvalue weighted by Crippen LogP contribution is -2.25. The van der Waals surface area contributed by atoms with E-state index in [1.54, 1.807) is 0 Å². The van der Waals surface area contributed by atoms with Crippen LogP contribution in [0.3, 0.4) is 0 Å². The largest absolute Gasteiger partial charge is 0.347 e. The molecule has 0 amide bonds. The highest BCUT2D eigenvalue weighted by atomic mass is 31.2. The topological polar surface area (TPSA) is 57.5 Å². The summed E-state index contributed by atoms with van der Waals surface area (Å²) in [5.41, 5.74) is 0. The van der Waals surface area contributed by atoms with Crippen molar-refractivity contribution in [1.29, 1.82) is 0 Å². The minimum absolute atomic E-state index is 0.428. The number of benzene rings is 3. The Balaban J connectivity index is 2.13. The second-order valence-electron chi connectivity index (χ2n) is 7.77. The quantitative estimate of drug-likeness (QED) is 0.425. The molecule has 0 fully saturated rings. The second-order valence-corrected chi connectivity index (χ2v) is 10.8. The van der Waals surface area contributed by atoms with Crippen LogP contribution in [-0.4, -0.2) is 43.1 Å². The molecule has 4 rings (SSSR count). The Hall–Kier alpha value is -3.50. The average Bonchev–Trinajstić information content (AvgIpc) is 2.84. The molecule has 3 aromatic carbocycles. The third-order valence-electron chi connectivity index (χ3n) is 5.03. The van der Waals surface area contributed by atoms with Crippen molar-refractivity contribution in [3.63, 3.8) is 0 Å². The van der Waals surface area contributed by atoms with Gasteiger partial charge in [0.1, 0.15) is 0 Å². The molecule has 0 spiro atoms. The van der Waals surface area contributed by atoms with E-state index in [0.717, 1.165) is 15.9 Å². The molecule has 0 aliphatic rings. The zero-order valence-electron chi connectivity index (χ0n) is 18.8. The number of aromatic nitrogens is 3. The van der Waals surface area contributed by atoms with Crippen molar-refractivity contribution in [2.45, 2.75) is 0 Å². The summed E-state index contributed by atoms with van der Waals surface area (Å²) in [5, 5.41) is 3.45. The fourth-order valence-corrected chi connectivity index (χ4v) is 6.88. The molecule has 0 N–H and O–H groups in total. The monoisotopic (exact) mass is 442 g/mol. The predicted molar refractivity (Wildman–Crippen MR) is 136 cm³/mol. The van der Waals surface area contributed by atoms with Crippen molar-refractivity contribution >= 4 is 40.8 Å². The van der Waals surface area contributed by atoms with E-state index in [1.807, 2.05) is 56.2 Å². The van der Waals surface area contributed by atoms with Crippen LogP contribution < -0.4 is 25.7 Å². The molecule has 162 valence electrons. The van der Waals surface area contributed by atoms with Crippen molar-refractivity contribution < 1.29 is 0 Å². The summed E-state index contributed by atoms with van der Waals surface area (Å²) < 4.78 is 5.38. The van der Waals surface area contributed by atoms with Crippen LogP contribution >= 0.6 is 7.05 Å². The summed E-state index contributed by atoms with van der Waals surface area (Å²) in [5.74, 6) is 1.58. The van der Waals surface area contributed by atoms with E-state index in [2.05, 4.69) is 77.8 Å². The van der Waals surface area contributed by atoms with Gasteiger partial charge >= 0.3 is 0 Å². The fourth-order valence-electron chi connectivity index (χ4n) is 3.47. The summed E-state index contributed by atoms with van der Waals surface area (Å²) in [7, 11) is 5.25. The lowest BCUT2D eigenvalue weighted by atomic mass is 10.4. The second kappa shape index (κ2) is 9.33. The third kappa shape index (κ3) is 4.27. The van der Waals surface area contributed by atoms with E-state index in [-0.39, 0.29) is 0 Å². The highest BCUT2D eigenvalue weighted by Crippen LogP contribution is 2.48. The van der Waals surface area contributed by atoms with Crippen molar-refractivity contribution in [2.24, 2.45) is 4.74 Å². The molecule has 32 heavy (non-hydrogen) atoms. The summed E-state index contributed by atoms with van der Waals surface area (Å²) in [4.78, 5) is 17.7. The predicted octanol–water partition coefficient (Wildman–Crippen LogP) is 3.81. The summed E-state index contributed by atoms with van der Waals surface area (Å²) in [6.45, 7) is 0. The SMILES string of the molecule is CN(C)c1nc(N=P(c2ccccc2)(c2ccccc2)c2ccccc2)nc(N(C)C)n1. The molecular formula is C25H27N6P. The number of rotatable bonds is 6. The summed E-state index contributed by atoms with van der Waals surface area (Å²) in [6.07, 6.45) is 0. The molecule has 0 aliphatic heterocycles. The molecule has 0 aliphatic carbocycles. The minimum atomic E-state index is -2.44. The van der Waals surface area contributed by atoms with Gasteiger partial charge in [-0.15, -0.1) is 0 Å². The van der Waals surface area contributed by atoms with Gasteiger partial charge in [-0.2, -0.15) is 15.0 Å². The Morgan fingerprint density at radius 1 is 0.531 bits per heavy atom. The molecule has 0 saturated heterocycles. The lowest BCUT2D eigenvalue weighted by molar-refractivity contribution is 0.915. The van der Waals surface area contributed by atoms with Crippen molar-refractivity contribution in [2.75, 3.05) is 38.0 Å². The van der Waals surface area contributed by atoms with Crippen LogP contribution in [0, 0.1) is 0 Å². The number of hydrogen-bond donors (Lipinski definition) is 0. The van der Waals surface area contributed by atoms with Crippen LogP contribution in [0.4, 0.5) is 17.8 Å². The molecule has 0 saturated carbocycles. The van der Waals surface area contributed by atoms with Crippen LogP contribution in [0.15, 0.2) is 95.7 Å². The smallest absolute Gasteiger partial charge is 0.255 e. The first-order valence-electron chi connectivity index (χ1n) is 10.4. The van der Waals surface area contributed by atoms with Gasteiger partial charge in [0, 0.05) is 44.1 Å². The van der Waals surface area contributed by atoms with Crippen LogP contribution in [0.5, 0.6) is 0 Å². The zero-order valence-corrected chi connectivity index (χ0v) is 19.7. The van der Waals surface area contributed by atoms with Crippen molar-refractivity contribution in [3.8, 4) is 0 Å². The molecule has 1 heterocycles. The Bertz CT molecular complexity index is 1100. The first-order chi connectivity index (χ1) is 15.5. The molecule has 0 atom stereocenters. The molecular weight excluding hydrogens is 415 g/mol. The molecule has 0 bridgehead atoms. The average molecular weight is 443 g/mol.